The Hall–Kier alpha value is -0.840. The van der Waals surface area contributed by atoms with E-state index in [9.17, 15) is 0 Å². The first-order chi connectivity index (χ1) is 9.10. The molecule has 5 heteroatoms. The number of aromatic nitrogens is 2. The Labute approximate surface area is 126 Å². The van der Waals surface area contributed by atoms with Crippen molar-refractivity contribution in [3.8, 4) is 0 Å². The topological polar surface area (TPSA) is 43.8 Å². The van der Waals surface area contributed by atoms with Gasteiger partial charge >= 0.3 is 0 Å². The van der Waals surface area contributed by atoms with Crippen LogP contribution < -0.4 is 5.73 Å². The number of hydrogen-bond acceptors (Lipinski definition) is 2. The van der Waals surface area contributed by atoms with Crippen molar-refractivity contribution >= 4 is 27.5 Å². The molecule has 3 nitrogen and oxygen atoms in total. The van der Waals surface area contributed by atoms with Crippen LogP contribution >= 0.6 is 27.5 Å². The van der Waals surface area contributed by atoms with Crippen LogP contribution in [0.1, 0.15) is 24.7 Å². The zero-order chi connectivity index (χ0) is 13.8. The smallest absolute Gasteiger partial charge is 0.110 e. The molecule has 0 spiro atoms. The summed E-state index contributed by atoms with van der Waals surface area (Å²) in [4.78, 5) is 4.38. The molecule has 2 N–H and O–H groups in total. The Kier molecular flexibility index (Phi) is 5.02. The Morgan fingerprint density at radius 1 is 1.47 bits per heavy atom. The molecule has 102 valence electrons. The van der Waals surface area contributed by atoms with E-state index in [0.29, 0.717) is 0 Å². The zero-order valence-corrected chi connectivity index (χ0v) is 13.2. The summed E-state index contributed by atoms with van der Waals surface area (Å²) in [5.41, 5.74) is 7.07. The van der Waals surface area contributed by atoms with E-state index in [2.05, 4.69) is 32.4 Å². The molecule has 0 aliphatic heterocycles. The van der Waals surface area contributed by atoms with Crippen molar-refractivity contribution in [2.75, 3.05) is 0 Å². The largest absolute Gasteiger partial charge is 0.330 e. The van der Waals surface area contributed by atoms with Crippen molar-refractivity contribution in [3.05, 3.63) is 51.5 Å². The van der Waals surface area contributed by atoms with Gasteiger partial charge in [0.15, 0.2) is 0 Å². The molecule has 0 saturated carbocycles. The summed E-state index contributed by atoms with van der Waals surface area (Å²) in [6, 6.07) is 6.08. The van der Waals surface area contributed by atoms with Gasteiger partial charge in [-0.1, -0.05) is 40.5 Å². The number of halogens is 2. The third-order valence-corrected chi connectivity index (χ3v) is 3.97. The summed E-state index contributed by atoms with van der Waals surface area (Å²) in [6.45, 7) is 2.81. The summed E-state index contributed by atoms with van der Waals surface area (Å²) in [5.74, 6) is 1.01. The lowest BCUT2D eigenvalue weighted by Crippen LogP contribution is -2.23. The number of nitrogens with two attached hydrogens (primary N) is 1. The van der Waals surface area contributed by atoms with E-state index in [1.165, 1.54) is 0 Å². The van der Waals surface area contributed by atoms with Gasteiger partial charge in [0.2, 0.25) is 0 Å². The van der Waals surface area contributed by atoms with Crippen molar-refractivity contribution in [2.45, 2.75) is 32.4 Å². The standard InChI is InChI=1S/C14H17BrClN3/c1-2-12(17)8-14-18-5-6-19(14)9-10-3-4-11(15)7-13(10)16/h3-7,12H,2,8-9,17H2,1H3. The van der Waals surface area contributed by atoms with Crippen molar-refractivity contribution in [3.63, 3.8) is 0 Å². The molecule has 0 aliphatic carbocycles. The van der Waals surface area contributed by atoms with E-state index < -0.39 is 0 Å². The van der Waals surface area contributed by atoms with E-state index in [4.69, 9.17) is 17.3 Å². The molecule has 1 heterocycles. The summed E-state index contributed by atoms with van der Waals surface area (Å²) in [5, 5.41) is 0.758. The van der Waals surface area contributed by atoms with Crippen molar-refractivity contribution in [1.82, 2.24) is 9.55 Å². The number of nitrogens with zero attached hydrogens (tertiary/aromatic N) is 2. The second kappa shape index (κ2) is 6.55. The quantitative estimate of drug-likeness (QED) is 0.902. The highest BCUT2D eigenvalue weighted by Gasteiger charge is 2.09. The van der Waals surface area contributed by atoms with Gasteiger partial charge in [-0.15, -0.1) is 0 Å². The van der Waals surface area contributed by atoms with E-state index in [1.54, 1.807) is 0 Å². The van der Waals surface area contributed by atoms with Gasteiger partial charge in [0.05, 0.1) is 6.54 Å². The van der Waals surface area contributed by atoms with Gasteiger partial charge in [-0.05, 0) is 24.1 Å². The minimum absolute atomic E-state index is 0.154. The van der Waals surface area contributed by atoms with Crippen LogP contribution in [0.25, 0.3) is 0 Å². The predicted molar refractivity (Wildman–Crippen MR) is 82.5 cm³/mol. The van der Waals surface area contributed by atoms with Crippen molar-refractivity contribution in [1.29, 1.82) is 0 Å². The van der Waals surface area contributed by atoms with Crippen molar-refractivity contribution in [2.24, 2.45) is 5.73 Å². The lowest BCUT2D eigenvalue weighted by atomic mass is 10.1. The molecule has 0 saturated heterocycles. The fourth-order valence-corrected chi connectivity index (χ4v) is 2.62. The van der Waals surface area contributed by atoms with E-state index >= 15 is 0 Å². The van der Waals surface area contributed by atoms with Gasteiger partial charge in [-0.3, -0.25) is 0 Å². The number of hydrogen-bond donors (Lipinski definition) is 1. The third kappa shape index (κ3) is 3.81. The van der Waals surface area contributed by atoms with Crippen LogP contribution in [-0.4, -0.2) is 15.6 Å². The van der Waals surface area contributed by atoms with Crippen LogP contribution in [0.4, 0.5) is 0 Å². The number of benzene rings is 1. The molecular weight excluding hydrogens is 326 g/mol. The second-order valence-corrected chi connectivity index (χ2v) is 5.90. The summed E-state index contributed by atoms with van der Waals surface area (Å²) < 4.78 is 3.09. The molecule has 0 bridgehead atoms. The highest BCUT2D eigenvalue weighted by Crippen LogP contribution is 2.22. The molecule has 19 heavy (non-hydrogen) atoms. The first-order valence-electron chi connectivity index (χ1n) is 6.29. The predicted octanol–water partition coefficient (Wildman–Crippen LogP) is 3.63. The van der Waals surface area contributed by atoms with Crippen LogP contribution in [-0.2, 0) is 13.0 Å². The van der Waals surface area contributed by atoms with Gasteiger partial charge in [-0.2, -0.15) is 0 Å². The zero-order valence-electron chi connectivity index (χ0n) is 10.8. The average Bonchev–Trinajstić information content (AvgIpc) is 2.80. The highest BCUT2D eigenvalue weighted by atomic mass is 79.9. The second-order valence-electron chi connectivity index (χ2n) is 4.58. The Bertz CT molecular complexity index is 553. The van der Waals surface area contributed by atoms with Gasteiger partial charge in [-0.25, -0.2) is 4.98 Å². The van der Waals surface area contributed by atoms with Crippen LogP contribution in [0.15, 0.2) is 35.1 Å². The van der Waals surface area contributed by atoms with Gasteiger partial charge in [0, 0.05) is 34.4 Å². The molecule has 2 rings (SSSR count). The molecule has 1 atom stereocenters. The molecule has 0 aliphatic rings. The molecule has 0 amide bonds. The monoisotopic (exact) mass is 341 g/mol. The van der Waals surface area contributed by atoms with Crippen LogP contribution in [0, 0.1) is 0 Å². The van der Waals surface area contributed by atoms with Crippen molar-refractivity contribution < 1.29 is 0 Å². The highest BCUT2D eigenvalue weighted by molar-refractivity contribution is 9.10. The molecule has 1 unspecified atom stereocenters. The summed E-state index contributed by atoms with van der Waals surface area (Å²) in [7, 11) is 0. The normalized spacial score (nSPS) is 12.6. The molecule has 0 radical (unpaired) electrons. The molecule has 1 aromatic heterocycles. The minimum atomic E-state index is 0.154. The van der Waals surface area contributed by atoms with Crippen LogP contribution in [0.2, 0.25) is 5.02 Å². The van der Waals surface area contributed by atoms with E-state index in [1.807, 2.05) is 30.6 Å². The maximum atomic E-state index is 6.24. The summed E-state index contributed by atoms with van der Waals surface area (Å²) in [6.07, 6.45) is 5.52. The SMILES string of the molecule is CCC(N)Cc1nccn1Cc1ccc(Br)cc1Cl. The minimum Gasteiger partial charge on any atom is -0.330 e. The van der Waals surface area contributed by atoms with Gasteiger partial charge in [0.1, 0.15) is 5.82 Å². The maximum Gasteiger partial charge on any atom is 0.110 e. The van der Waals surface area contributed by atoms with Crippen LogP contribution in [0.5, 0.6) is 0 Å². The first-order valence-corrected chi connectivity index (χ1v) is 7.46. The Morgan fingerprint density at radius 2 is 2.26 bits per heavy atom. The van der Waals surface area contributed by atoms with E-state index in [0.717, 1.165) is 40.3 Å². The average molecular weight is 343 g/mol. The molecule has 0 fully saturated rings. The third-order valence-electron chi connectivity index (χ3n) is 3.13. The molecular formula is C14H17BrClN3. The summed E-state index contributed by atoms with van der Waals surface area (Å²) >= 11 is 9.65. The van der Waals surface area contributed by atoms with Gasteiger partial charge < -0.3 is 10.3 Å². The fraction of sp³-hybridized carbons (Fsp3) is 0.357. The Morgan fingerprint density at radius 3 is 2.95 bits per heavy atom. The maximum absolute atomic E-state index is 6.24. The van der Waals surface area contributed by atoms with Gasteiger partial charge in [0.25, 0.3) is 0 Å². The number of imidazole rings is 1. The lowest BCUT2D eigenvalue weighted by Gasteiger charge is -2.12. The molecule has 2 aromatic rings. The van der Waals surface area contributed by atoms with E-state index in [-0.39, 0.29) is 6.04 Å². The first kappa shape index (κ1) is 14.6. The lowest BCUT2D eigenvalue weighted by molar-refractivity contribution is 0.597. The number of rotatable bonds is 5. The fourth-order valence-electron chi connectivity index (χ4n) is 1.89. The molecule has 1 aromatic carbocycles. The van der Waals surface area contributed by atoms with Crippen LogP contribution in [0.3, 0.4) is 0 Å². The Balaban J connectivity index is 2.17.